The molecule has 1 aromatic rings. The minimum absolute atomic E-state index is 0.0529. The van der Waals surface area contributed by atoms with Crippen LogP contribution in [0.5, 0.6) is 0 Å². The molecule has 0 spiro atoms. The van der Waals surface area contributed by atoms with Gasteiger partial charge in [-0.05, 0) is 35.1 Å². The van der Waals surface area contributed by atoms with Gasteiger partial charge in [-0.2, -0.15) is 0 Å². The van der Waals surface area contributed by atoms with E-state index in [1.807, 2.05) is 12.1 Å². The van der Waals surface area contributed by atoms with Gasteiger partial charge in [0.25, 0.3) is 0 Å². The fraction of sp³-hybridized carbons (Fsp3) is 0.455. The molecule has 0 bridgehead atoms. The lowest BCUT2D eigenvalue weighted by Gasteiger charge is -2.20. The van der Waals surface area contributed by atoms with Gasteiger partial charge in [-0.25, -0.2) is 0 Å². The van der Waals surface area contributed by atoms with Crippen molar-refractivity contribution >= 4 is 31.9 Å². The molecule has 0 unspecified atom stereocenters. The van der Waals surface area contributed by atoms with Crippen molar-refractivity contribution in [1.82, 2.24) is 0 Å². The standard InChI is InChI=1S/C11H12Br2O/c1-11(2)5-8(14)9-6(12)3-4-7(13)10(9)11/h3-4,8,14H,5H2,1-2H3/t8-/m1/s1. The average molecular weight is 320 g/mol. The first kappa shape index (κ1) is 10.7. The first-order valence-electron chi connectivity index (χ1n) is 4.60. The lowest BCUT2D eigenvalue weighted by Crippen LogP contribution is -2.13. The van der Waals surface area contributed by atoms with E-state index in [-0.39, 0.29) is 11.5 Å². The highest BCUT2D eigenvalue weighted by molar-refractivity contribution is 9.11. The van der Waals surface area contributed by atoms with Crippen LogP contribution in [0.3, 0.4) is 0 Å². The zero-order valence-electron chi connectivity index (χ0n) is 8.14. The molecule has 1 nitrogen and oxygen atoms in total. The van der Waals surface area contributed by atoms with Crippen molar-refractivity contribution in [3.05, 3.63) is 32.2 Å². The van der Waals surface area contributed by atoms with Crippen molar-refractivity contribution in [3.63, 3.8) is 0 Å². The van der Waals surface area contributed by atoms with Crippen LogP contribution in [0.1, 0.15) is 37.5 Å². The quantitative estimate of drug-likeness (QED) is 0.768. The van der Waals surface area contributed by atoms with Gasteiger partial charge in [0, 0.05) is 8.95 Å². The topological polar surface area (TPSA) is 20.2 Å². The molecule has 76 valence electrons. The van der Waals surface area contributed by atoms with Gasteiger partial charge in [-0.3, -0.25) is 0 Å². The molecule has 0 aliphatic heterocycles. The number of aliphatic hydroxyl groups is 1. The summed E-state index contributed by atoms with van der Waals surface area (Å²) in [4.78, 5) is 0. The summed E-state index contributed by atoms with van der Waals surface area (Å²) in [6.07, 6.45) is 0.454. The summed E-state index contributed by atoms with van der Waals surface area (Å²) in [6, 6.07) is 4.01. The highest BCUT2D eigenvalue weighted by atomic mass is 79.9. The number of fused-ring (bicyclic) bond motifs is 1. The third kappa shape index (κ3) is 1.46. The van der Waals surface area contributed by atoms with E-state index < -0.39 is 0 Å². The Hall–Kier alpha value is 0.140. The van der Waals surface area contributed by atoms with Gasteiger partial charge in [-0.1, -0.05) is 45.7 Å². The van der Waals surface area contributed by atoms with Crippen molar-refractivity contribution in [2.75, 3.05) is 0 Å². The first-order chi connectivity index (χ1) is 6.43. The number of benzene rings is 1. The van der Waals surface area contributed by atoms with E-state index in [9.17, 15) is 5.11 Å². The van der Waals surface area contributed by atoms with Crippen molar-refractivity contribution in [3.8, 4) is 0 Å². The Balaban J connectivity index is 2.73. The van der Waals surface area contributed by atoms with E-state index >= 15 is 0 Å². The molecule has 0 fully saturated rings. The fourth-order valence-electron chi connectivity index (χ4n) is 2.27. The van der Waals surface area contributed by atoms with Crippen LogP contribution in [-0.4, -0.2) is 5.11 Å². The Morgan fingerprint density at radius 1 is 1.29 bits per heavy atom. The second-order valence-electron chi connectivity index (χ2n) is 4.42. The zero-order valence-corrected chi connectivity index (χ0v) is 11.3. The molecule has 0 amide bonds. The Morgan fingerprint density at radius 2 is 1.86 bits per heavy atom. The maximum atomic E-state index is 9.97. The summed E-state index contributed by atoms with van der Waals surface area (Å²) >= 11 is 7.05. The predicted octanol–water partition coefficient (Wildman–Crippen LogP) is 3.93. The minimum atomic E-state index is -0.341. The lowest BCUT2D eigenvalue weighted by molar-refractivity contribution is 0.161. The Labute approximate surface area is 101 Å². The maximum Gasteiger partial charge on any atom is 0.0812 e. The van der Waals surface area contributed by atoms with E-state index in [2.05, 4.69) is 45.7 Å². The van der Waals surface area contributed by atoms with Crippen LogP contribution in [0.15, 0.2) is 21.1 Å². The zero-order chi connectivity index (χ0) is 10.5. The molecule has 14 heavy (non-hydrogen) atoms. The second-order valence-corrected chi connectivity index (χ2v) is 6.13. The summed E-state index contributed by atoms with van der Waals surface area (Å²) in [7, 11) is 0. The fourth-order valence-corrected chi connectivity index (χ4v) is 3.75. The van der Waals surface area contributed by atoms with Crippen LogP contribution in [-0.2, 0) is 5.41 Å². The van der Waals surface area contributed by atoms with Crippen LogP contribution in [0.4, 0.5) is 0 Å². The van der Waals surface area contributed by atoms with E-state index in [1.54, 1.807) is 0 Å². The molecular formula is C11H12Br2O. The van der Waals surface area contributed by atoms with Gasteiger partial charge in [0.15, 0.2) is 0 Å². The van der Waals surface area contributed by atoms with Crippen molar-refractivity contribution in [2.45, 2.75) is 31.8 Å². The van der Waals surface area contributed by atoms with Crippen molar-refractivity contribution in [1.29, 1.82) is 0 Å². The Kier molecular flexibility index (Phi) is 2.53. The third-order valence-electron chi connectivity index (χ3n) is 2.86. The number of rotatable bonds is 0. The third-order valence-corrected chi connectivity index (χ3v) is 4.21. The van der Waals surface area contributed by atoms with E-state index in [1.165, 1.54) is 5.56 Å². The van der Waals surface area contributed by atoms with E-state index in [0.717, 1.165) is 20.9 Å². The lowest BCUT2D eigenvalue weighted by atomic mass is 9.87. The van der Waals surface area contributed by atoms with Crippen LogP contribution in [0.2, 0.25) is 0 Å². The molecule has 0 heterocycles. The molecule has 3 heteroatoms. The smallest absolute Gasteiger partial charge is 0.0812 e. The average Bonchev–Trinajstić information content (AvgIpc) is 2.30. The molecule has 0 saturated carbocycles. The minimum Gasteiger partial charge on any atom is -0.388 e. The maximum absolute atomic E-state index is 9.97. The second kappa shape index (κ2) is 3.32. The van der Waals surface area contributed by atoms with Gasteiger partial charge in [-0.15, -0.1) is 0 Å². The summed E-state index contributed by atoms with van der Waals surface area (Å²) in [5.74, 6) is 0. The molecule has 0 radical (unpaired) electrons. The molecule has 1 N–H and O–H groups in total. The molecule has 1 aliphatic rings. The summed E-state index contributed by atoms with van der Waals surface area (Å²) in [5.41, 5.74) is 2.33. The van der Waals surface area contributed by atoms with E-state index in [0.29, 0.717) is 0 Å². The highest BCUT2D eigenvalue weighted by Crippen LogP contribution is 2.50. The number of hydrogen-bond acceptors (Lipinski definition) is 1. The first-order valence-corrected chi connectivity index (χ1v) is 6.18. The number of halogens is 2. The summed E-state index contributed by atoms with van der Waals surface area (Å²) < 4.78 is 2.10. The van der Waals surface area contributed by atoms with Crippen molar-refractivity contribution in [2.24, 2.45) is 0 Å². The highest BCUT2D eigenvalue weighted by Gasteiger charge is 2.38. The molecular weight excluding hydrogens is 308 g/mol. The molecule has 0 aromatic heterocycles. The molecule has 2 rings (SSSR count). The predicted molar refractivity (Wildman–Crippen MR) is 64.4 cm³/mol. The molecule has 1 aliphatic carbocycles. The SMILES string of the molecule is CC1(C)C[C@@H](O)c2c(Br)ccc(Br)c21. The van der Waals surface area contributed by atoms with Crippen LogP contribution < -0.4 is 0 Å². The van der Waals surface area contributed by atoms with Crippen LogP contribution in [0, 0.1) is 0 Å². The summed E-state index contributed by atoms with van der Waals surface area (Å²) in [6.45, 7) is 4.33. The van der Waals surface area contributed by atoms with E-state index in [4.69, 9.17) is 0 Å². The molecule has 1 atom stereocenters. The van der Waals surface area contributed by atoms with Gasteiger partial charge < -0.3 is 5.11 Å². The van der Waals surface area contributed by atoms with Gasteiger partial charge in [0.2, 0.25) is 0 Å². The summed E-state index contributed by atoms with van der Waals surface area (Å²) in [5, 5.41) is 9.97. The largest absolute Gasteiger partial charge is 0.388 e. The van der Waals surface area contributed by atoms with Gasteiger partial charge >= 0.3 is 0 Å². The van der Waals surface area contributed by atoms with Gasteiger partial charge in [0.05, 0.1) is 6.10 Å². The Morgan fingerprint density at radius 3 is 2.43 bits per heavy atom. The number of aliphatic hydroxyl groups excluding tert-OH is 1. The monoisotopic (exact) mass is 318 g/mol. The van der Waals surface area contributed by atoms with Crippen LogP contribution >= 0.6 is 31.9 Å². The molecule has 1 aromatic carbocycles. The normalized spacial score (nSPS) is 23.6. The Bertz CT molecular complexity index is 385. The van der Waals surface area contributed by atoms with Crippen molar-refractivity contribution < 1.29 is 5.11 Å². The van der Waals surface area contributed by atoms with Crippen LogP contribution in [0.25, 0.3) is 0 Å². The molecule has 0 saturated heterocycles. The number of hydrogen-bond donors (Lipinski definition) is 1. The van der Waals surface area contributed by atoms with Gasteiger partial charge in [0.1, 0.15) is 0 Å².